The molecule has 80 valence electrons. The second-order valence-electron chi connectivity index (χ2n) is 3.34. The molecular formula is C13H11NO2. The molecule has 2 aromatic rings. The Labute approximate surface area is 93.1 Å². The van der Waals surface area contributed by atoms with Crippen LogP contribution in [-0.4, -0.2) is 15.9 Å². The molecule has 16 heavy (non-hydrogen) atoms. The van der Waals surface area contributed by atoms with Crippen molar-refractivity contribution in [3.63, 3.8) is 0 Å². The van der Waals surface area contributed by atoms with E-state index in [0.717, 1.165) is 5.69 Å². The lowest BCUT2D eigenvalue weighted by Crippen LogP contribution is -1.94. The SMILES string of the molecule is O=C(/C=C/c1ccc[nH]1)c1ccccc1O. The first kappa shape index (κ1) is 10.2. The van der Waals surface area contributed by atoms with Crippen molar-refractivity contribution in [2.75, 3.05) is 0 Å². The number of rotatable bonds is 3. The van der Waals surface area contributed by atoms with Crippen LogP contribution in [-0.2, 0) is 0 Å². The average molecular weight is 213 g/mol. The normalized spacial score (nSPS) is 10.8. The summed E-state index contributed by atoms with van der Waals surface area (Å²) >= 11 is 0. The zero-order chi connectivity index (χ0) is 11.4. The molecule has 1 aromatic carbocycles. The summed E-state index contributed by atoms with van der Waals surface area (Å²) in [5, 5.41) is 9.48. The monoisotopic (exact) mass is 213 g/mol. The van der Waals surface area contributed by atoms with Gasteiger partial charge in [-0.1, -0.05) is 12.1 Å². The molecule has 2 N–H and O–H groups in total. The third-order valence-electron chi connectivity index (χ3n) is 2.21. The van der Waals surface area contributed by atoms with Gasteiger partial charge in [-0.15, -0.1) is 0 Å². The maximum Gasteiger partial charge on any atom is 0.189 e. The quantitative estimate of drug-likeness (QED) is 0.608. The molecule has 0 saturated carbocycles. The highest BCUT2D eigenvalue weighted by molar-refractivity contribution is 6.08. The van der Waals surface area contributed by atoms with E-state index in [0.29, 0.717) is 5.56 Å². The molecule has 1 aromatic heterocycles. The fourth-order valence-electron chi connectivity index (χ4n) is 1.39. The van der Waals surface area contributed by atoms with E-state index in [-0.39, 0.29) is 11.5 Å². The minimum absolute atomic E-state index is 0.00337. The van der Waals surface area contributed by atoms with Crippen molar-refractivity contribution in [1.29, 1.82) is 0 Å². The van der Waals surface area contributed by atoms with Crippen molar-refractivity contribution >= 4 is 11.9 Å². The number of hydrogen-bond donors (Lipinski definition) is 2. The van der Waals surface area contributed by atoms with Crippen molar-refractivity contribution in [2.24, 2.45) is 0 Å². The van der Waals surface area contributed by atoms with E-state index < -0.39 is 0 Å². The van der Waals surface area contributed by atoms with Crippen molar-refractivity contribution in [3.05, 3.63) is 59.9 Å². The number of phenolic OH excluding ortho intramolecular Hbond substituents is 1. The Bertz CT molecular complexity index is 512. The largest absolute Gasteiger partial charge is 0.507 e. The second kappa shape index (κ2) is 4.49. The number of ketones is 1. The Hall–Kier alpha value is -2.29. The lowest BCUT2D eigenvalue weighted by atomic mass is 10.1. The van der Waals surface area contributed by atoms with Crippen LogP contribution in [0.2, 0.25) is 0 Å². The fourth-order valence-corrected chi connectivity index (χ4v) is 1.39. The number of hydrogen-bond acceptors (Lipinski definition) is 2. The fraction of sp³-hybridized carbons (Fsp3) is 0. The van der Waals surface area contributed by atoms with Gasteiger partial charge in [0.2, 0.25) is 0 Å². The molecule has 0 bridgehead atoms. The molecule has 0 atom stereocenters. The highest BCUT2D eigenvalue weighted by Crippen LogP contribution is 2.16. The van der Waals surface area contributed by atoms with Gasteiger partial charge in [-0.05, 0) is 36.4 Å². The predicted molar refractivity (Wildman–Crippen MR) is 62.3 cm³/mol. The summed E-state index contributed by atoms with van der Waals surface area (Å²) in [5.74, 6) is -0.212. The minimum Gasteiger partial charge on any atom is -0.507 e. The van der Waals surface area contributed by atoms with Crippen LogP contribution < -0.4 is 0 Å². The molecule has 0 saturated heterocycles. The summed E-state index contributed by atoms with van der Waals surface area (Å²) in [5.41, 5.74) is 1.16. The van der Waals surface area contributed by atoms with Gasteiger partial charge in [0.05, 0.1) is 5.56 Å². The standard InChI is InChI=1S/C13H11NO2/c15-12-6-2-1-5-11(12)13(16)8-7-10-4-3-9-14-10/h1-9,14-15H/b8-7+. The number of phenols is 1. The number of aromatic hydroxyl groups is 1. The van der Waals surface area contributed by atoms with Crippen molar-refractivity contribution < 1.29 is 9.90 Å². The van der Waals surface area contributed by atoms with Crippen LogP contribution >= 0.6 is 0 Å². The van der Waals surface area contributed by atoms with Crippen molar-refractivity contribution in [2.45, 2.75) is 0 Å². The number of carbonyl (C=O) groups is 1. The number of aromatic nitrogens is 1. The van der Waals surface area contributed by atoms with E-state index in [1.807, 2.05) is 12.1 Å². The van der Waals surface area contributed by atoms with Crippen LogP contribution in [0.25, 0.3) is 6.08 Å². The van der Waals surface area contributed by atoms with Crippen LogP contribution in [0.4, 0.5) is 0 Å². The Morgan fingerprint density at radius 1 is 1.19 bits per heavy atom. The number of allylic oxidation sites excluding steroid dienone is 1. The number of carbonyl (C=O) groups excluding carboxylic acids is 1. The lowest BCUT2D eigenvalue weighted by Gasteiger charge is -1.98. The van der Waals surface area contributed by atoms with E-state index >= 15 is 0 Å². The molecule has 0 aliphatic carbocycles. The van der Waals surface area contributed by atoms with Gasteiger partial charge in [-0.25, -0.2) is 0 Å². The van der Waals surface area contributed by atoms with E-state index in [2.05, 4.69) is 4.98 Å². The lowest BCUT2D eigenvalue weighted by molar-refractivity contribution is 0.104. The van der Waals surface area contributed by atoms with Crippen LogP contribution in [0.5, 0.6) is 5.75 Å². The molecule has 0 unspecified atom stereocenters. The third-order valence-corrected chi connectivity index (χ3v) is 2.21. The number of H-pyrrole nitrogens is 1. The first-order valence-electron chi connectivity index (χ1n) is 4.91. The number of nitrogens with one attached hydrogen (secondary N) is 1. The van der Waals surface area contributed by atoms with Gasteiger partial charge in [-0.3, -0.25) is 4.79 Å². The molecule has 0 amide bonds. The van der Waals surface area contributed by atoms with Gasteiger partial charge < -0.3 is 10.1 Å². The topological polar surface area (TPSA) is 53.1 Å². The van der Waals surface area contributed by atoms with Crippen molar-refractivity contribution in [1.82, 2.24) is 4.98 Å². The zero-order valence-corrected chi connectivity index (χ0v) is 8.55. The predicted octanol–water partition coefficient (Wildman–Crippen LogP) is 2.62. The highest BCUT2D eigenvalue weighted by Gasteiger charge is 2.06. The van der Waals surface area contributed by atoms with E-state index in [9.17, 15) is 9.90 Å². The van der Waals surface area contributed by atoms with E-state index in [1.165, 1.54) is 12.1 Å². The number of para-hydroxylation sites is 1. The first-order valence-corrected chi connectivity index (χ1v) is 4.91. The Morgan fingerprint density at radius 2 is 2.00 bits per heavy atom. The Balaban J connectivity index is 2.18. The first-order chi connectivity index (χ1) is 7.77. The molecular weight excluding hydrogens is 202 g/mol. The van der Waals surface area contributed by atoms with Gasteiger partial charge in [0.15, 0.2) is 5.78 Å². The van der Waals surface area contributed by atoms with Crippen LogP contribution in [0, 0.1) is 0 Å². The third kappa shape index (κ3) is 2.20. The van der Waals surface area contributed by atoms with Gasteiger partial charge in [-0.2, -0.15) is 0 Å². The smallest absolute Gasteiger partial charge is 0.189 e. The number of aromatic amines is 1. The molecule has 0 aliphatic heterocycles. The van der Waals surface area contributed by atoms with Crippen molar-refractivity contribution in [3.8, 4) is 5.75 Å². The summed E-state index contributed by atoms with van der Waals surface area (Å²) in [4.78, 5) is 14.7. The molecule has 3 heteroatoms. The summed E-state index contributed by atoms with van der Waals surface area (Å²) in [6, 6.07) is 10.2. The second-order valence-corrected chi connectivity index (χ2v) is 3.34. The van der Waals surface area contributed by atoms with Crippen LogP contribution in [0.3, 0.4) is 0 Å². The maximum absolute atomic E-state index is 11.7. The molecule has 0 radical (unpaired) electrons. The zero-order valence-electron chi connectivity index (χ0n) is 8.55. The summed E-state index contributed by atoms with van der Waals surface area (Å²) < 4.78 is 0. The van der Waals surface area contributed by atoms with Gasteiger partial charge in [0.1, 0.15) is 5.75 Å². The highest BCUT2D eigenvalue weighted by atomic mass is 16.3. The van der Waals surface area contributed by atoms with Gasteiger partial charge in [0, 0.05) is 11.9 Å². The van der Waals surface area contributed by atoms with E-state index in [4.69, 9.17) is 0 Å². The Morgan fingerprint density at radius 3 is 2.69 bits per heavy atom. The molecule has 0 fully saturated rings. The summed E-state index contributed by atoms with van der Waals surface area (Å²) in [7, 11) is 0. The van der Waals surface area contributed by atoms with Crippen LogP contribution in [0.15, 0.2) is 48.7 Å². The summed E-state index contributed by atoms with van der Waals surface area (Å²) in [6.07, 6.45) is 4.89. The summed E-state index contributed by atoms with van der Waals surface area (Å²) in [6.45, 7) is 0. The van der Waals surface area contributed by atoms with E-state index in [1.54, 1.807) is 30.5 Å². The number of benzene rings is 1. The van der Waals surface area contributed by atoms with Gasteiger partial charge >= 0.3 is 0 Å². The molecule has 0 aliphatic rings. The average Bonchev–Trinajstić information content (AvgIpc) is 2.79. The van der Waals surface area contributed by atoms with Gasteiger partial charge in [0.25, 0.3) is 0 Å². The Kier molecular flexibility index (Phi) is 2.87. The van der Waals surface area contributed by atoms with Crippen LogP contribution in [0.1, 0.15) is 16.1 Å². The molecule has 1 heterocycles. The maximum atomic E-state index is 11.7. The minimum atomic E-state index is -0.215. The molecule has 2 rings (SSSR count). The molecule has 3 nitrogen and oxygen atoms in total. The molecule has 0 spiro atoms.